The molecule has 6 nitrogen and oxygen atoms in total. The van der Waals surface area contributed by atoms with Crippen molar-refractivity contribution in [2.24, 2.45) is 0 Å². The molecule has 1 aromatic heterocycles. The van der Waals surface area contributed by atoms with E-state index in [1.54, 1.807) is 6.07 Å². The van der Waals surface area contributed by atoms with E-state index in [0.717, 1.165) is 11.3 Å². The number of nitrogens with one attached hydrogen (secondary N) is 1. The lowest BCUT2D eigenvalue weighted by atomic mass is 10.3. The Labute approximate surface area is 160 Å². The normalized spacial score (nSPS) is 16.5. The van der Waals surface area contributed by atoms with E-state index in [2.05, 4.69) is 5.32 Å². The second kappa shape index (κ2) is 8.01. The Hall–Kier alpha value is -1.52. The Kier molecular flexibility index (Phi) is 5.93. The second-order valence-corrected chi connectivity index (χ2v) is 9.67. The third-order valence-electron chi connectivity index (χ3n) is 3.97. The Morgan fingerprint density at radius 2 is 1.77 bits per heavy atom. The van der Waals surface area contributed by atoms with Gasteiger partial charge in [0.2, 0.25) is 5.91 Å². The Balaban J connectivity index is 1.52. The zero-order chi connectivity index (χ0) is 18.7. The fraction of sp³-hybridized carbons (Fsp3) is 0.312. The average Bonchev–Trinajstić information content (AvgIpc) is 3.05. The van der Waals surface area contributed by atoms with Crippen molar-refractivity contribution in [1.29, 1.82) is 0 Å². The maximum atomic E-state index is 12.9. The number of amides is 1. The molecule has 0 spiro atoms. The van der Waals surface area contributed by atoms with Gasteiger partial charge >= 0.3 is 0 Å². The van der Waals surface area contributed by atoms with Crippen molar-refractivity contribution >= 4 is 44.6 Å². The lowest BCUT2D eigenvalue weighted by molar-refractivity contribution is -0.117. The number of anilines is 1. The number of nitrogens with zero attached hydrogens (tertiary/aromatic N) is 2. The van der Waals surface area contributed by atoms with Gasteiger partial charge in [-0.25, -0.2) is 12.8 Å². The summed E-state index contributed by atoms with van der Waals surface area (Å²) in [6.07, 6.45) is 0. The maximum Gasteiger partial charge on any atom is 0.252 e. The molecule has 2 heterocycles. The van der Waals surface area contributed by atoms with E-state index in [1.807, 2.05) is 4.90 Å². The minimum absolute atomic E-state index is 0.149. The van der Waals surface area contributed by atoms with Crippen LogP contribution in [0.25, 0.3) is 0 Å². The Morgan fingerprint density at radius 1 is 1.12 bits per heavy atom. The van der Waals surface area contributed by atoms with Crippen LogP contribution < -0.4 is 5.32 Å². The highest BCUT2D eigenvalue weighted by Gasteiger charge is 2.30. The largest absolute Gasteiger partial charge is 0.325 e. The van der Waals surface area contributed by atoms with E-state index >= 15 is 0 Å². The molecule has 26 heavy (non-hydrogen) atoms. The summed E-state index contributed by atoms with van der Waals surface area (Å²) in [5.41, 5.74) is 0.521. The molecule has 1 aromatic carbocycles. The molecule has 10 heteroatoms. The first kappa shape index (κ1) is 19.2. The quantitative estimate of drug-likeness (QED) is 0.811. The van der Waals surface area contributed by atoms with Gasteiger partial charge in [-0.05, 0) is 36.4 Å². The molecule has 0 atom stereocenters. The number of halogens is 2. The third-order valence-corrected chi connectivity index (χ3v) is 7.57. The number of hydrogen-bond donors (Lipinski definition) is 1. The van der Waals surface area contributed by atoms with Gasteiger partial charge in [-0.3, -0.25) is 9.69 Å². The summed E-state index contributed by atoms with van der Waals surface area (Å²) in [7, 11) is -3.54. The maximum absolute atomic E-state index is 12.9. The van der Waals surface area contributed by atoms with Crippen LogP contribution in [0.3, 0.4) is 0 Å². The van der Waals surface area contributed by atoms with Crippen molar-refractivity contribution in [3.8, 4) is 0 Å². The number of sulfonamides is 1. The second-order valence-electron chi connectivity index (χ2n) is 5.79. The lowest BCUT2D eigenvalue weighted by Gasteiger charge is -2.33. The van der Waals surface area contributed by atoms with Gasteiger partial charge < -0.3 is 5.32 Å². The molecular formula is C16H17ClFN3O3S2. The number of piperazine rings is 1. The van der Waals surface area contributed by atoms with Crippen molar-refractivity contribution in [3.05, 3.63) is 46.6 Å². The zero-order valence-corrected chi connectivity index (χ0v) is 16.1. The fourth-order valence-electron chi connectivity index (χ4n) is 2.63. The van der Waals surface area contributed by atoms with Crippen LogP contribution in [0.5, 0.6) is 0 Å². The van der Waals surface area contributed by atoms with Crippen LogP contribution in [-0.4, -0.2) is 56.3 Å². The fourth-order valence-corrected chi connectivity index (χ4v) is 5.69. The van der Waals surface area contributed by atoms with E-state index in [9.17, 15) is 17.6 Å². The van der Waals surface area contributed by atoms with Gasteiger partial charge in [-0.2, -0.15) is 4.31 Å². The van der Waals surface area contributed by atoms with Gasteiger partial charge in [-0.15, -0.1) is 11.3 Å². The molecular weight excluding hydrogens is 401 g/mol. The first-order valence-corrected chi connectivity index (χ1v) is 10.5. The van der Waals surface area contributed by atoms with Crippen LogP contribution in [0.15, 0.2) is 40.6 Å². The van der Waals surface area contributed by atoms with E-state index in [0.29, 0.717) is 36.2 Å². The molecule has 1 aliphatic heterocycles. The number of carbonyl (C=O) groups is 1. The predicted octanol–water partition coefficient (Wildman–Crippen LogP) is 2.49. The molecule has 1 N–H and O–H groups in total. The Morgan fingerprint density at radius 3 is 2.35 bits per heavy atom. The molecule has 3 rings (SSSR count). The molecule has 0 unspecified atom stereocenters. The van der Waals surface area contributed by atoms with Gasteiger partial charge in [0.05, 0.1) is 10.9 Å². The third kappa shape index (κ3) is 4.60. The monoisotopic (exact) mass is 417 g/mol. The van der Waals surface area contributed by atoms with Crippen molar-refractivity contribution in [3.63, 3.8) is 0 Å². The van der Waals surface area contributed by atoms with Crippen molar-refractivity contribution in [1.82, 2.24) is 9.21 Å². The van der Waals surface area contributed by atoms with Gasteiger partial charge in [-0.1, -0.05) is 11.6 Å². The molecule has 0 saturated carbocycles. The molecule has 140 valence electrons. The summed E-state index contributed by atoms with van der Waals surface area (Å²) in [4.78, 5) is 14.0. The van der Waals surface area contributed by atoms with Crippen LogP contribution in [0, 0.1) is 5.82 Å². The van der Waals surface area contributed by atoms with Crippen LogP contribution in [0.2, 0.25) is 4.34 Å². The minimum atomic E-state index is -3.54. The molecule has 1 saturated heterocycles. The molecule has 0 aliphatic carbocycles. The van der Waals surface area contributed by atoms with E-state index in [-0.39, 0.29) is 22.5 Å². The summed E-state index contributed by atoms with van der Waals surface area (Å²) in [5, 5.41) is 2.69. The van der Waals surface area contributed by atoms with E-state index in [1.165, 1.54) is 34.6 Å². The summed E-state index contributed by atoms with van der Waals surface area (Å²) in [6.45, 7) is 1.67. The number of hydrogen-bond acceptors (Lipinski definition) is 5. The average molecular weight is 418 g/mol. The van der Waals surface area contributed by atoms with Crippen molar-refractivity contribution in [2.75, 3.05) is 38.0 Å². The Bertz CT molecular complexity index is 878. The van der Waals surface area contributed by atoms with Gasteiger partial charge in [0.15, 0.2) is 0 Å². The highest BCUT2D eigenvalue weighted by atomic mass is 35.5. The molecule has 1 amide bonds. The standard InChI is InChI=1S/C16H17ClFN3O3S2/c17-14-5-6-16(25-14)26(23,24)21-9-7-20(8-10-21)11-15(22)19-13-3-1-12(18)2-4-13/h1-6H,7-11H2,(H,19,22). The first-order chi connectivity index (χ1) is 12.3. The lowest BCUT2D eigenvalue weighted by Crippen LogP contribution is -2.50. The number of carbonyl (C=O) groups excluding carboxylic acids is 1. The van der Waals surface area contributed by atoms with Gasteiger partial charge in [0, 0.05) is 31.9 Å². The zero-order valence-electron chi connectivity index (χ0n) is 13.7. The minimum Gasteiger partial charge on any atom is -0.325 e. The van der Waals surface area contributed by atoms with E-state index < -0.39 is 10.0 Å². The number of benzene rings is 1. The van der Waals surface area contributed by atoms with Gasteiger partial charge in [0.1, 0.15) is 10.0 Å². The highest BCUT2D eigenvalue weighted by molar-refractivity contribution is 7.91. The molecule has 1 fully saturated rings. The summed E-state index contributed by atoms with van der Waals surface area (Å²) >= 11 is 6.86. The van der Waals surface area contributed by atoms with Crippen LogP contribution >= 0.6 is 22.9 Å². The summed E-state index contributed by atoms with van der Waals surface area (Å²) in [6, 6.07) is 8.60. The van der Waals surface area contributed by atoms with Crippen LogP contribution in [0.4, 0.5) is 10.1 Å². The topological polar surface area (TPSA) is 69.7 Å². The van der Waals surface area contributed by atoms with Gasteiger partial charge in [0.25, 0.3) is 10.0 Å². The number of rotatable bonds is 5. The number of thiophene rings is 1. The van der Waals surface area contributed by atoms with E-state index in [4.69, 9.17) is 11.6 Å². The SMILES string of the molecule is O=C(CN1CCN(S(=O)(=O)c2ccc(Cl)s2)CC1)Nc1ccc(F)cc1. The molecule has 2 aromatic rings. The van der Waals surface area contributed by atoms with Crippen molar-refractivity contribution in [2.45, 2.75) is 4.21 Å². The highest BCUT2D eigenvalue weighted by Crippen LogP contribution is 2.28. The molecule has 0 bridgehead atoms. The molecule has 0 radical (unpaired) electrons. The smallest absolute Gasteiger partial charge is 0.252 e. The van der Waals surface area contributed by atoms with Crippen LogP contribution in [0.1, 0.15) is 0 Å². The summed E-state index contributed by atoms with van der Waals surface area (Å²) < 4.78 is 40.0. The van der Waals surface area contributed by atoms with Crippen molar-refractivity contribution < 1.29 is 17.6 Å². The van der Waals surface area contributed by atoms with Crippen LogP contribution in [-0.2, 0) is 14.8 Å². The first-order valence-electron chi connectivity index (χ1n) is 7.88. The predicted molar refractivity (Wildman–Crippen MR) is 99.6 cm³/mol. The molecule has 1 aliphatic rings. The summed E-state index contributed by atoms with van der Waals surface area (Å²) in [5.74, 6) is -0.592.